The fraction of sp³-hybridized carbons (Fsp3) is 0.571. The van der Waals surface area contributed by atoms with Crippen molar-refractivity contribution in [2.45, 2.75) is 38.6 Å². The van der Waals surface area contributed by atoms with Gasteiger partial charge in [0.1, 0.15) is 5.75 Å². The van der Waals surface area contributed by atoms with Gasteiger partial charge in [0.15, 0.2) is 0 Å². The highest BCUT2D eigenvalue weighted by molar-refractivity contribution is 6.32. The van der Waals surface area contributed by atoms with Crippen LogP contribution in [0.5, 0.6) is 5.75 Å². The average Bonchev–Trinajstić information content (AvgIpc) is 2.98. The smallest absolute Gasteiger partial charge is 0.141 e. The lowest BCUT2D eigenvalue weighted by atomic mass is 9.95. The molecule has 1 aliphatic rings. The Morgan fingerprint density at radius 2 is 2.12 bits per heavy atom. The van der Waals surface area contributed by atoms with Crippen LogP contribution >= 0.6 is 11.6 Å². The Balaban J connectivity index is 2.14. The molecule has 2 nitrogen and oxygen atoms in total. The standard InChI is InChI=1S/C14H20ClNO/c1-14(2,16)8-11-4-3-5-12(15)13(11)17-9-10-6-7-10/h3-5,10H,6-9,16H2,1-2H3. The maximum atomic E-state index is 6.20. The summed E-state index contributed by atoms with van der Waals surface area (Å²) < 4.78 is 5.85. The van der Waals surface area contributed by atoms with Crippen LogP contribution in [0.1, 0.15) is 32.3 Å². The quantitative estimate of drug-likeness (QED) is 0.873. The predicted octanol–water partition coefficient (Wildman–Crippen LogP) is 3.41. The Kier molecular flexibility index (Phi) is 3.64. The van der Waals surface area contributed by atoms with Gasteiger partial charge in [0.05, 0.1) is 11.6 Å². The second-order valence-corrected chi connectivity index (χ2v) is 6.06. The summed E-state index contributed by atoms with van der Waals surface area (Å²) in [6.07, 6.45) is 3.33. The van der Waals surface area contributed by atoms with E-state index in [0.29, 0.717) is 5.02 Å². The lowest BCUT2D eigenvalue weighted by molar-refractivity contribution is 0.295. The molecule has 0 saturated heterocycles. The molecule has 1 saturated carbocycles. The van der Waals surface area contributed by atoms with Crippen LogP contribution in [0, 0.1) is 5.92 Å². The van der Waals surface area contributed by atoms with E-state index in [0.717, 1.165) is 30.3 Å². The van der Waals surface area contributed by atoms with Crippen molar-refractivity contribution < 1.29 is 4.74 Å². The SMILES string of the molecule is CC(C)(N)Cc1cccc(Cl)c1OCC1CC1. The van der Waals surface area contributed by atoms with Crippen molar-refractivity contribution in [1.29, 1.82) is 0 Å². The van der Waals surface area contributed by atoms with Gasteiger partial charge in [-0.3, -0.25) is 0 Å². The number of halogens is 1. The average molecular weight is 254 g/mol. The molecule has 1 aliphatic carbocycles. The number of hydrogen-bond donors (Lipinski definition) is 1. The van der Waals surface area contributed by atoms with Gasteiger partial charge in [-0.1, -0.05) is 23.7 Å². The Labute approximate surface area is 108 Å². The van der Waals surface area contributed by atoms with Crippen LogP contribution < -0.4 is 10.5 Å². The van der Waals surface area contributed by atoms with E-state index in [1.165, 1.54) is 12.8 Å². The number of ether oxygens (including phenoxy) is 1. The zero-order valence-corrected chi connectivity index (χ0v) is 11.3. The van der Waals surface area contributed by atoms with Crippen LogP contribution in [0.2, 0.25) is 5.02 Å². The molecule has 0 heterocycles. The third-order valence-electron chi connectivity index (χ3n) is 2.85. The second-order valence-electron chi connectivity index (χ2n) is 5.65. The van der Waals surface area contributed by atoms with E-state index in [9.17, 15) is 0 Å². The molecule has 0 aromatic heterocycles. The fourth-order valence-corrected chi connectivity index (χ4v) is 2.08. The Bertz CT molecular complexity index is 394. The number of hydrogen-bond acceptors (Lipinski definition) is 2. The number of para-hydroxylation sites is 1. The number of benzene rings is 1. The molecule has 2 rings (SSSR count). The Hall–Kier alpha value is -0.730. The van der Waals surface area contributed by atoms with E-state index in [2.05, 4.69) is 0 Å². The molecule has 2 N–H and O–H groups in total. The summed E-state index contributed by atoms with van der Waals surface area (Å²) in [6, 6.07) is 5.87. The summed E-state index contributed by atoms with van der Waals surface area (Å²) in [7, 11) is 0. The van der Waals surface area contributed by atoms with Crippen molar-refractivity contribution in [1.82, 2.24) is 0 Å². The lowest BCUT2D eigenvalue weighted by Crippen LogP contribution is -2.34. The fourth-order valence-electron chi connectivity index (χ4n) is 1.83. The van der Waals surface area contributed by atoms with Crippen LogP contribution in [0.3, 0.4) is 0 Å². The van der Waals surface area contributed by atoms with Crippen LogP contribution in [0.4, 0.5) is 0 Å². The van der Waals surface area contributed by atoms with Gasteiger partial charge in [0.2, 0.25) is 0 Å². The first-order valence-corrected chi connectivity index (χ1v) is 6.52. The van der Waals surface area contributed by atoms with Gasteiger partial charge in [0, 0.05) is 5.54 Å². The molecule has 1 aromatic rings. The molecule has 0 bridgehead atoms. The molecular formula is C14H20ClNO. The zero-order valence-electron chi connectivity index (χ0n) is 10.5. The Morgan fingerprint density at radius 1 is 1.41 bits per heavy atom. The molecule has 94 valence electrons. The van der Waals surface area contributed by atoms with Gasteiger partial charge < -0.3 is 10.5 Å². The maximum absolute atomic E-state index is 6.20. The van der Waals surface area contributed by atoms with E-state index < -0.39 is 0 Å². The van der Waals surface area contributed by atoms with E-state index in [1.807, 2.05) is 32.0 Å². The minimum Gasteiger partial charge on any atom is -0.491 e. The van der Waals surface area contributed by atoms with E-state index in [4.69, 9.17) is 22.1 Å². The molecule has 3 heteroatoms. The third-order valence-corrected chi connectivity index (χ3v) is 3.15. The highest BCUT2D eigenvalue weighted by Gasteiger charge is 2.23. The zero-order chi connectivity index (χ0) is 12.5. The largest absolute Gasteiger partial charge is 0.491 e. The topological polar surface area (TPSA) is 35.2 Å². The molecular weight excluding hydrogens is 234 g/mol. The summed E-state index contributed by atoms with van der Waals surface area (Å²) in [6.45, 7) is 4.80. The molecule has 0 aliphatic heterocycles. The number of rotatable bonds is 5. The molecule has 17 heavy (non-hydrogen) atoms. The monoisotopic (exact) mass is 253 g/mol. The predicted molar refractivity (Wildman–Crippen MR) is 71.6 cm³/mol. The summed E-state index contributed by atoms with van der Waals surface area (Å²) in [5.41, 5.74) is 6.91. The van der Waals surface area contributed by atoms with Crippen molar-refractivity contribution in [2.24, 2.45) is 11.7 Å². The maximum Gasteiger partial charge on any atom is 0.141 e. The first kappa shape index (κ1) is 12.7. The van der Waals surface area contributed by atoms with Crippen LogP contribution in [-0.4, -0.2) is 12.1 Å². The third kappa shape index (κ3) is 3.90. The normalized spacial score (nSPS) is 16.0. The summed E-state index contributed by atoms with van der Waals surface area (Å²) in [4.78, 5) is 0. The Morgan fingerprint density at radius 3 is 2.71 bits per heavy atom. The van der Waals surface area contributed by atoms with Gasteiger partial charge in [-0.2, -0.15) is 0 Å². The summed E-state index contributed by atoms with van der Waals surface area (Å²) in [5, 5.41) is 0.687. The summed E-state index contributed by atoms with van der Waals surface area (Å²) >= 11 is 6.20. The molecule has 0 atom stereocenters. The molecule has 1 aromatic carbocycles. The first-order chi connectivity index (χ1) is 7.96. The van der Waals surface area contributed by atoms with Gasteiger partial charge in [0.25, 0.3) is 0 Å². The molecule has 0 radical (unpaired) electrons. The second kappa shape index (κ2) is 4.87. The van der Waals surface area contributed by atoms with Crippen LogP contribution in [-0.2, 0) is 6.42 Å². The highest BCUT2D eigenvalue weighted by atomic mass is 35.5. The minimum absolute atomic E-state index is 0.248. The van der Waals surface area contributed by atoms with Crippen molar-refractivity contribution in [3.63, 3.8) is 0 Å². The van der Waals surface area contributed by atoms with Crippen molar-refractivity contribution in [2.75, 3.05) is 6.61 Å². The highest BCUT2D eigenvalue weighted by Crippen LogP contribution is 2.34. The van der Waals surface area contributed by atoms with Gasteiger partial charge in [-0.25, -0.2) is 0 Å². The number of nitrogens with two attached hydrogens (primary N) is 1. The van der Waals surface area contributed by atoms with Gasteiger partial charge in [-0.05, 0) is 50.7 Å². The molecule has 0 unspecified atom stereocenters. The van der Waals surface area contributed by atoms with E-state index >= 15 is 0 Å². The van der Waals surface area contributed by atoms with Crippen molar-refractivity contribution in [3.8, 4) is 5.75 Å². The van der Waals surface area contributed by atoms with Crippen molar-refractivity contribution in [3.05, 3.63) is 28.8 Å². The summed E-state index contributed by atoms with van der Waals surface area (Å²) in [5.74, 6) is 1.55. The lowest BCUT2D eigenvalue weighted by Gasteiger charge is -2.21. The molecule has 1 fully saturated rings. The van der Waals surface area contributed by atoms with E-state index in [1.54, 1.807) is 0 Å². The molecule has 0 amide bonds. The minimum atomic E-state index is -0.248. The van der Waals surface area contributed by atoms with Gasteiger partial charge in [-0.15, -0.1) is 0 Å². The van der Waals surface area contributed by atoms with Gasteiger partial charge >= 0.3 is 0 Å². The van der Waals surface area contributed by atoms with Crippen molar-refractivity contribution >= 4 is 11.6 Å². The first-order valence-electron chi connectivity index (χ1n) is 6.15. The molecule has 0 spiro atoms. The van der Waals surface area contributed by atoms with Crippen LogP contribution in [0.25, 0.3) is 0 Å². The van der Waals surface area contributed by atoms with Crippen LogP contribution in [0.15, 0.2) is 18.2 Å². The van der Waals surface area contributed by atoms with E-state index in [-0.39, 0.29) is 5.54 Å².